The van der Waals surface area contributed by atoms with Gasteiger partial charge in [0.05, 0.1) is 0 Å². The van der Waals surface area contributed by atoms with Crippen LogP contribution in [-0.4, -0.2) is 16.0 Å². The first-order valence-corrected chi connectivity index (χ1v) is 8.30. The van der Waals surface area contributed by atoms with Gasteiger partial charge in [-0.1, -0.05) is 56.3 Å². The number of hydrogen-bond acceptors (Lipinski definition) is 4. The van der Waals surface area contributed by atoms with E-state index in [-0.39, 0.29) is 11.3 Å². The Kier molecular flexibility index (Phi) is 4.84. The van der Waals surface area contributed by atoms with Gasteiger partial charge >= 0.3 is 0 Å². The molecule has 2 aromatic carbocycles. The fourth-order valence-corrected chi connectivity index (χ4v) is 2.52. The highest BCUT2D eigenvalue weighted by atomic mass is 19.1. The van der Waals surface area contributed by atoms with E-state index in [2.05, 4.69) is 15.5 Å². The average molecular weight is 353 g/mol. The number of amides is 1. The van der Waals surface area contributed by atoms with Crippen LogP contribution in [0.3, 0.4) is 0 Å². The van der Waals surface area contributed by atoms with Crippen molar-refractivity contribution in [1.82, 2.24) is 15.5 Å². The van der Waals surface area contributed by atoms with Gasteiger partial charge in [-0.3, -0.25) is 4.79 Å². The van der Waals surface area contributed by atoms with Gasteiger partial charge in [-0.15, -0.1) is 0 Å². The minimum Gasteiger partial charge on any atom is -0.340 e. The van der Waals surface area contributed by atoms with Crippen LogP contribution in [0, 0.1) is 11.2 Å². The predicted molar refractivity (Wildman–Crippen MR) is 95.8 cm³/mol. The summed E-state index contributed by atoms with van der Waals surface area (Å²) in [5.74, 6) is 0.0698. The van der Waals surface area contributed by atoms with Crippen molar-refractivity contribution in [2.45, 2.75) is 26.8 Å². The summed E-state index contributed by atoms with van der Waals surface area (Å²) in [6.07, 6.45) is 0. The minimum absolute atomic E-state index is 0.326. The molecule has 1 amide bonds. The van der Waals surface area contributed by atoms with Crippen LogP contribution in [0.25, 0.3) is 11.4 Å². The lowest BCUT2D eigenvalue weighted by Gasteiger charge is -2.28. The second kappa shape index (κ2) is 7.07. The van der Waals surface area contributed by atoms with Gasteiger partial charge in [-0.2, -0.15) is 4.98 Å². The molecule has 26 heavy (non-hydrogen) atoms. The first kappa shape index (κ1) is 17.8. The van der Waals surface area contributed by atoms with Crippen LogP contribution in [0.1, 0.15) is 43.1 Å². The monoisotopic (exact) mass is 353 g/mol. The number of carbonyl (C=O) groups excluding carboxylic acids is 1. The molecule has 5 nitrogen and oxygen atoms in total. The van der Waals surface area contributed by atoms with E-state index in [9.17, 15) is 9.18 Å². The Morgan fingerprint density at radius 3 is 2.35 bits per heavy atom. The zero-order valence-corrected chi connectivity index (χ0v) is 14.9. The second-order valence-electron chi connectivity index (χ2n) is 7.10. The van der Waals surface area contributed by atoms with Gasteiger partial charge in [0.15, 0.2) is 0 Å². The molecule has 0 spiro atoms. The Morgan fingerprint density at radius 1 is 1.08 bits per heavy atom. The number of nitrogens with one attached hydrogen (secondary N) is 1. The molecule has 0 fully saturated rings. The van der Waals surface area contributed by atoms with E-state index in [0.717, 1.165) is 5.56 Å². The largest absolute Gasteiger partial charge is 0.340 e. The van der Waals surface area contributed by atoms with Crippen LogP contribution in [0.4, 0.5) is 4.39 Å². The average Bonchev–Trinajstić information content (AvgIpc) is 3.09. The fraction of sp³-hybridized carbons (Fsp3) is 0.250. The van der Waals surface area contributed by atoms with Crippen LogP contribution in [0.15, 0.2) is 59.1 Å². The first-order chi connectivity index (χ1) is 12.3. The Morgan fingerprint density at radius 2 is 1.73 bits per heavy atom. The molecule has 1 heterocycles. The zero-order chi connectivity index (χ0) is 18.7. The van der Waals surface area contributed by atoms with E-state index in [1.165, 1.54) is 24.3 Å². The molecule has 0 bridgehead atoms. The third-order valence-electron chi connectivity index (χ3n) is 3.97. The summed E-state index contributed by atoms with van der Waals surface area (Å²) in [4.78, 5) is 17.0. The van der Waals surface area contributed by atoms with Gasteiger partial charge in [-0.05, 0) is 29.7 Å². The van der Waals surface area contributed by atoms with Crippen LogP contribution in [-0.2, 0) is 0 Å². The summed E-state index contributed by atoms with van der Waals surface area (Å²) in [5.41, 5.74) is 0.833. The molecule has 3 rings (SSSR count). The highest BCUT2D eigenvalue weighted by molar-refractivity contribution is 5.94. The molecule has 0 saturated carbocycles. The molecule has 1 atom stereocenters. The Labute approximate surface area is 151 Å². The smallest absolute Gasteiger partial charge is 0.251 e. The van der Waals surface area contributed by atoms with Crippen LogP contribution in [0.5, 0.6) is 0 Å². The van der Waals surface area contributed by atoms with E-state index in [1.807, 2.05) is 51.1 Å². The molecule has 134 valence electrons. The molecule has 0 unspecified atom stereocenters. The Hall–Kier alpha value is -3.02. The van der Waals surface area contributed by atoms with Gasteiger partial charge in [0.25, 0.3) is 5.91 Å². The first-order valence-electron chi connectivity index (χ1n) is 8.30. The molecule has 1 aromatic heterocycles. The lowest BCUT2D eigenvalue weighted by Crippen LogP contribution is -2.36. The molecule has 6 heteroatoms. The summed E-state index contributed by atoms with van der Waals surface area (Å²) in [5, 5.41) is 6.94. The molecular weight excluding hydrogens is 333 g/mol. The molecule has 3 aromatic rings. The minimum atomic E-state index is -0.495. The fourth-order valence-electron chi connectivity index (χ4n) is 2.52. The number of aromatic nitrogens is 2. The second-order valence-corrected chi connectivity index (χ2v) is 7.10. The molecule has 0 saturated heterocycles. The summed E-state index contributed by atoms with van der Waals surface area (Å²) < 4.78 is 18.5. The van der Waals surface area contributed by atoms with Gasteiger partial charge < -0.3 is 9.84 Å². The molecule has 0 aliphatic heterocycles. The van der Waals surface area contributed by atoms with Crippen molar-refractivity contribution in [2.24, 2.45) is 5.41 Å². The number of rotatable bonds is 4. The van der Waals surface area contributed by atoms with Crippen molar-refractivity contribution in [1.29, 1.82) is 0 Å². The lowest BCUT2D eigenvalue weighted by atomic mass is 9.86. The maximum absolute atomic E-state index is 13.1. The van der Waals surface area contributed by atoms with E-state index in [4.69, 9.17) is 4.52 Å². The number of nitrogens with zero attached hydrogens (tertiary/aromatic N) is 2. The predicted octanol–water partition coefficient (Wildman–Crippen LogP) is 4.39. The van der Waals surface area contributed by atoms with Gasteiger partial charge in [0, 0.05) is 11.1 Å². The Bertz CT molecular complexity index is 883. The third kappa shape index (κ3) is 3.96. The number of halogens is 1. The van der Waals surface area contributed by atoms with Gasteiger partial charge in [0.1, 0.15) is 11.9 Å². The maximum Gasteiger partial charge on any atom is 0.251 e. The molecule has 0 radical (unpaired) electrons. The highest BCUT2D eigenvalue weighted by Gasteiger charge is 2.33. The van der Waals surface area contributed by atoms with E-state index < -0.39 is 11.9 Å². The summed E-state index contributed by atoms with van der Waals surface area (Å²) in [6, 6.07) is 14.3. The summed E-state index contributed by atoms with van der Waals surface area (Å²) in [6.45, 7) is 5.90. The standard InChI is InChI=1S/C20H20FN3O2/c1-20(2,3)16(22-18(25)14-9-11-15(21)12-10-14)19-23-17(24-26-19)13-7-5-4-6-8-13/h4-12,16H,1-3H3,(H,22,25)/t16-/m1/s1. The van der Waals surface area contributed by atoms with E-state index >= 15 is 0 Å². The van der Waals surface area contributed by atoms with E-state index in [0.29, 0.717) is 17.3 Å². The normalized spacial score (nSPS) is 12.6. The molecule has 0 aliphatic carbocycles. The van der Waals surface area contributed by atoms with Gasteiger partial charge in [-0.25, -0.2) is 4.39 Å². The quantitative estimate of drug-likeness (QED) is 0.755. The SMILES string of the molecule is CC(C)(C)[C@H](NC(=O)c1ccc(F)cc1)c1nc(-c2ccccc2)no1. The van der Waals surface area contributed by atoms with Gasteiger partial charge in [0.2, 0.25) is 11.7 Å². The van der Waals surface area contributed by atoms with Crippen LogP contribution >= 0.6 is 0 Å². The van der Waals surface area contributed by atoms with Crippen molar-refractivity contribution in [3.63, 3.8) is 0 Å². The molecule has 1 N–H and O–H groups in total. The van der Waals surface area contributed by atoms with Crippen molar-refractivity contribution < 1.29 is 13.7 Å². The molecule has 0 aliphatic rings. The lowest BCUT2D eigenvalue weighted by molar-refractivity contribution is 0.0880. The van der Waals surface area contributed by atoms with Crippen molar-refractivity contribution in [3.8, 4) is 11.4 Å². The van der Waals surface area contributed by atoms with Crippen LogP contribution in [0.2, 0.25) is 0 Å². The summed E-state index contributed by atoms with van der Waals surface area (Å²) in [7, 11) is 0. The highest BCUT2D eigenvalue weighted by Crippen LogP contribution is 2.33. The number of hydrogen-bond donors (Lipinski definition) is 1. The van der Waals surface area contributed by atoms with Crippen LogP contribution < -0.4 is 5.32 Å². The Balaban J connectivity index is 1.86. The topological polar surface area (TPSA) is 68.0 Å². The van der Waals surface area contributed by atoms with E-state index in [1.54, 1.807) is 0 Å². The number of carbonyl (C=O) groups is 1. The molecular formula is C20H20FN3O2. The van der Waals surface area contributed by atoms with Crippen molar-refractivity contribution >= 4 is 5.91 Å². The number of benzene rings is 2. The zero-order valence-electron chi connectivity index (χ0n) is 14.9. The summed E-state index contributed by atoms with van der Waals surface area (Å²) >= 11 is 0. The maximum atomic E-state index is 13.1. The van der Waals surface area contributed by atoms with Crippen molar-refractivity contribution in [2.75, 3.05) is 0 Å². The third-order valence-corrected chi connectivity index (χ3v) is 3.97. The van der Waals surface area contributed by atoms with Crippen molar-refractivity contribution in [3.05, 3.63) is 71.9 Å².